The molecule has 2 aromatic rings. The molecule has 5 nitrogen and oxygen atoms in total. The van der Waals surface area contributed by atoms with E-state index in [0.29, 0.717) is 16.3 Å². The molecule has 1 aliphatic rings. The van der Waals surface area contributed by atoms with Crippen LogP contribution in [0.2, 0.25) is 0 Å². The van der Waals surface area contributed by atoms with Crippen molar-refractivity contribution in [1.82, 2.24) is 0 Å². The lowest BCUT2D eigenvalue weighted by Gasteiger charge is -2.16. The number of thiophene rings is 1. The summed E-state index contributed by atoms with van der Waals surface area (Å²) in [5.74, 6) is 0.0476. The van der Waals surface area contributed by atoms with E-state index in [9.17, 15) is 9.59 Å². The molecule has 0 bridgehead atoms. The maximum atomic E-state index is 13.2. The molecule has 1 unspecified atom stereocenters. The van der Waals surface area contributed by atoms with Crippen molar-refractivity contribution in [3.05, 3.63) is 45.8 Å². The second-order valence-corrected chi connectivity index (χ2v) is 10.8. The molecule has 0 fully saturated rings. The van der Waals surface area contributed by atoms with Crippen LogP contribution in [0.3, 0.4) is 0 Å². The van der Waals surface area contributed by atoms with Crippen molar-refractivity contribution in [2.75, 3.05) is 5.32 Å². The lowest BCUT2D eigenvalue weighted by molar-refractivity contribution is -0.122. The van der Waals surface area contributed by atoms with Crippen molar-refractivity contribution < 1.29 is 19.1 Å². The summed E-state index contributed by atoms with van der Waals surface area (Å²) in [5.41, 5.74) is 2.83. The van der Waals surface area contributed by atoms with Gasteiger partial charge in [-0.2, -0.15) is 0 Å². The number of benzene rings is 1. The number of hydrogen-bond donors (Lipinski definition) is 1. The van der Waals surface area contributed by atoms with Crippen LogP contribution in [0.15, 0.2) is 24.3 Å². The Bertz CT molecular complexity index is 964. The highest BCUT2D eigenvalue weighted by Gasteiger charge is 2.27. The number of carbonyl (C=O) groups is 2. The Morgan fingerprint density at radius 3 is 2.11 bits per heavy atom. The maximum Gasteiger partial charge on any atom is 0.341 e. The normalized spacial score (nSPS) is 15.9. The number of fused-ring (bicyclic) bond motifs is 1. The molecule has 1 aromatic heterocycles. The number of anilines is 1. The molecule has 1 heterocycles. The average Bonchev–Trinajstić information content (AvgIpc) is 3.15. The Hall–Kier alpha value is -2.34. The van der Waals surface area contributed by atoms with Crippen LogP contribution in [0.4, 0.5) is 5.00 Å². The van der Waals surface area contributed by atoms with E-state index in [0.717, 1.165) is 44.1 Å². The summed E-state index contributed by atoms with van der Waals surface area (Å²) in [7, 11) is 0. The minimum atomic E-state index is -0.695. The first-order valence-corrected chi connectivity index (χ1v) is 14.1. The number of hydrogen-bond acceptors (Lipinski definition) is 5. The van der Waals surface area contributed by atoms with E-state index >= 15 is 0 Å². The van der Waals surface area contributed by atoms with Crippen LogP contribution in [0.5, 0.6) is 5.75 Å². The SMILES string of the molecule is CCc1ccc(OC(C)C(=O)Nc2sc3c(c2C(=O)OC(C)C)CCCCCCCCCC3)cc1. The molecule has 0 spiro atoms. The zero-order chi connectivity index (χ0) is 25.2. The van der Waals surface area contributed by atoms with Gasteiger partial charge < -0.3 is 14.8 Å². The van der Waals surface area contributed by atoms with Gasteiger partial charge in [-0.1, -0.05) is 57.6 Å². The molecule has 1 aromatic carbocycles. The Morgan fingerprint density at radius 1 is 0.914 bits per heavy atom. The molecular weight excluding hydrogens is 458 g/mol. The zero-order valence-electron chi connectivity index (χ0n) is 21.8. The van der Waals surface area contributed by atoms with Crippen molar-refractivity contribution in [3.63, 3.8) is 0 Å². The first-order valence-electron chi connectivity index (χ1n) is 13.3. The summed E-state index contributed by atoms with van der Waals surface area (Å²) in [6.07, 6.45) is 11.4. The highest BCUT2D eigenvalue weighted by Crippen LogP contribution is 2.37. The smallest absolute Gasteiger partial charge is 0.341 e. The molecule has 1 N–H and O–H groups in total. The molecule has 35 heavy (non-hydrogen) atoms. The molecule has 3 rings (SSSR count). The van der Waals surface area contributed by atoms with Crippen molar-refractivity contribution in [3.8, 4) is 5.75 Å². The molecule has 0 aliphatic heterocycles. The Morgan fingerprint density at radius 2 is 1.51 bits per heavy atom. The molecule has 1 aliphatic carbocycles. The number of rotatable bonds is 7. The van der Waals surface area contributed by atoms with Crippen LogP contribution in [-0.4, -0.2) is 24.1 Å². The van der Waals surface area contributed by atoms with Gasteiger partial charge in [-0.25, -0.2) is 4.79 Å². The molecule has 1 atom stereocenters. The fourth-order valence-corrected chi connectivity index (χ4v) is 5.76. The lowest BCUT2D eigenvalue weighted by Crippen LogP contribution is -2.30. The molecule has 6 heteroatoms. The van der Waals surface area contributed by atoms with Crippen molar-refractivity contribution in [2.24, 2.45) is 0 Å². The van der Waals surface area contributed by atoms with Gasteiger partial charge in [0.25, 0.3) is 5.91 Å². The van der Waals surface area contributed by atoms with Gasteiger partial charge in [0.15, 0.2) is 6.10 Å². The standard InChI is InChI=1S/C29H41NO4S/c1-5-22-16-18-23(19-17-22)34-21(4)27(31)30-28-26(29(32)33-20(2)3)24-14-12-10-8-6-7-9-11-13-15-25(24)35-28/h16-21H,5-15H2,1-4H3,(H,30,31). The van der Waals surface area contributed by atoms with Gasteiger partial charge in [-0.15, -0.1) is 11.3 Å². The predicted molar refractivity (Wildman–Crippen MR) is 144 cm³/mol. The van der Waals surface area contributed by atoms with Crippen molar-refractivity contribution in [2.45, 2.75) is 111 Å². The minimum absolute atomic E-state index is 0.221. The first-order chi connectivity index (χ1) is 16.9. The van der Waals surface area contributed by atoms with Crippen LogP contribution < -0.4 is 10.1 Å². The topological polar surface area (TPSA) is 64.6 Å². The average molecular weight is 500 g/mol. The largest absolute Gasteiger partial charge is 0.481 e. The second kappa shape index (κ2) is 13.7. The highest BCUT2D eigenvalue weighted by molar-refractivity contribution is 7.17. The Kier molecular flexibility index (Phi) is 10.6. The first kappa shape index (κ1) is 27.3. The summed E-state index contributed by atoms with van der Waals surface area (Å²) in [6.45, 7) is 7.55. The van der Waals surface area contributed by atoms with E-state index in [1.165, 1.54) is 53.9 Å². The highest BCUT2D eigenvalue weighted by atomic mass is 32.1. The second-order valence-electron chi connectivity index (χ2n) is 9.74. The number of ether oxygens (including phenoxy) is 2. The van der Waals surface area contributed by atoms with E-state index in [1.807, 2.05) is 38.1 Å². The summed E-state index contributed by atoms with van der Waals surface area (Å²) >= 11 is 1.54. The van der Waals surface area contributed by atoms with Crippen LogP contribution in [0.1, 0.15) is 105 Å². The predicted octanol–water partition coefficient (Wildman–Crippen LogP) is 7.50. The summed E-state index contributed by atoms with van der Waals surface area (Å²) in [5, 5.41) is 3.61. The molecule has 0 saturated carbocycles. The van der Waals surface area contributed by atoms with Gasteiger partial charge in [0.1, 0.15) is 10.8 Å². The molecule has 0 saturated heterocycles. The molecule has 192 valence electrons. The number of carbonyl (C=O) groups excluding carboxylic acids is 2. The number of aryl methyl sites for hydroxylation is 2. The van der Waals surface area contributed by atoms with Crippen molar-refractivity contribution in [1.29, 1.82) is 0 Å². The summed E-state index contributed by atoms with van der Waals surface area (Å²) < 4.78 is 11.5. The number of esters is 1. The fraction of sp³-hybridized carbons (Fsp3) is 0.586. The molecular formula is C29H41NO4S. The van der Waals surface area contributed by atoms with Crippen LogP contribution in [0, 0.1) is 0 Å². The van der Waals surface area contributed by atoms with Gasteiger partial charge in [0.2, 0.25) is 0 Å². The van der Waals surface area contributed by atoms with E-state index in [4.69, 9.17) is 9.47 Å². The molecule has 0 radical (unpaired) electrons. The summed E-state index contributed by atoms with van der Waals surface area (Å²) in [6, 6.07) is 7.80. The number of amides is 1. The van der Waals surface area contributed by atoms with Crippen LogP contribution >= 0.6 is 11.3 Å². The van der Waals surface area contributed by atoms with E-state index < -0.39 is 6.10 Å². The van der Waals surface area contributed by atoms with Gasteiger partial charge in [-0.05, 0) is 76.1 Å². The fourth-order valence-electron chi connectivity index (χ4n) is 4.48. The van der Waals surface area contributed by atoms with Gasteiger partial charge in [0.05, 0.1) is 11.7 Å². The van der Waals surface area contributed by atoms with E-state index in [-0.39, 0.29) is 18.0 Å². The minimum Gasteiger partial charge on any atom is -0.481 e. The lowest BCUT2D eigenvalue weighted by atomic mass is 9.97. The Balaban J connectivity index is 1.83. The van der Waals surface area contributed by atoms with Crippen LogP contribution in [0.25, 0.3) is 0 Å². The monoisotopic (exact) mass is 499 g/mol. The van der Waals surface area contributed by atoms with Crippen LogP contribution in [-0.2, 0) is 28.8 Å². The maximum absolute atomic E-state index is 13.2. The summed E-state index contributed by atoms with van der Waals surface area (Å²) in [4.78, 5) is 27.5. The van der Waals surface area contributed by atoms with Gasteiger partial charge in [0, 0.05) is 4.88 Å². The van der Waals surface area contributed by atoms with Gasteiger partial charge >= 0.3 is 5.97 Å². The van der Waals surface area contributed by atoms with Gasteiger partial charge in [-0.3, -0.25) is 4.79 Å². The number of nitrogens with one attached hydrogen (secondary N) is 1. The third-order valence-corrected chi connectivity index (χ3v) is 7.68. The quantitative estimate of drug-likeness (QED) is 0.401. The van der Waals surface area contributed by atoms with E-state index in [2.05, 4.69) is 12.2 Å². The Labute approximate surface area is 214 Å². The third kappa shape index (κ3) is 8.09. The van der Waals surface area contributed by atoms with Crippen molar-refractivity contribution >= 4 is 28.2 Å². The third-order valence-electron chi connectivity index (χ3n) is 6.47. The molecule has 1 amide bonds. The van der Waals surface area contributed by atoms with E-state index in [1.54, 1.807) is 6.92 Å². The zero-order valence-corrected chi connectivity index (χ0v) is 22.6.